The van der Waals surface area contributed by atoms with Gasteiger partial charge in [-0.15, -0.1) is 0 Å². The molecule has 0 aromatic heterocycles. The molecule has 22 heteroatoms. The Morgan fingerprint density at radius 3 is 0.887 bits per heavy atom. The predicted octanol–water partition coefficient (Wildman–Crippen LogP) is 14.8. The Morgan fingerprint density at radius 1 is 0.340 bits per heavy atom. The number of hydrogen-bond donors (Lipinski definition) is 2. The molecule has 0 fully saturated rings. The minimum atomic E-state index is -0.192. The molecule has 0 saturated heterocycles. The number of carbonyl (C=O) groups excluding carboxylic acids is 4. The third-order valence-corrected chi connectivity index (χ3v) is 20.0. The number of amides is 4. The fraction of sp³-hybridized carbons (Fsp3) is 0.238. The molecule has 4 N–H and O–H groups in total. The fourth-order valence-electron chi connectivity index (χ4n) is 14.2. The van der Waals surface area contributed by atoms with E-state index in [4.69, 9.17) is 69.3 Å². The van der Waals surface area contributed by atoms with Crippen LogP contribution in [0, 0.1) is 13.8 Å². The number of rotatable bonds is 20. The second kappa shape index (κ2) is 29.6. The zero-order valence-electron chi connectivity index (χ0n) is 59.5. The normalized spacial score (nSPS) is 18.3. The molecule has 536 valence electrons. The predicted molar refractivity (Wildman–Crippen MR) is 410 cm³/mol. The van der Waals surface area contributed by atoms with Crippen LogP contribution in [0.2, 0.25) is 0 Å². The SMILES string of the molecule is COc1ccc(C2=CN3C(=O)c4cc(C)c(OCCCOc5cc6c(cc5OC)C(=O)N5C=C(c7ccc(N)cc7)CC5C=N6)cc4N=CC3C2)cc1.COc1ccc(C2=CN3C(=O)c4cc(C)c(OCCCOc5cc6c(cc5OC)C(=O)N5C=C(c7ccc(N)cc7)C[C@H]5C=N6)cc4N=C[C@@H]3C2)cc1. The van der Waals surface area contributed by atoms with Crippen LogP contribution in [-0.4, -0.2) is 147 Å². The molecule has 0 bridgehead atoms. The summed E-state index contributed by atoms with van der Waals surface area (Å²) in [7, 11) is 6.39. The van der Waals surface area contributed by atoms with Crippen LogP contribution in [-0.2, 0) is 0 Å². The largest absolute Gasteiger partial charge is 0.497 e. The number of anilines is 2. The minimum absolute atomic E-state index is 0.0884. The molecule has 22 nitrogen and oxygen atoms in total. The summed E-state index contributed by atoms with van der Waals surface area (Å²) >= 11 is 0. The first-order chi connectivity index (χ1) is 51.6. The highest BCUT2D eigenvalue weighted by atomic mass is 16.5. The molecule has 106 heavy (non-hydrogen) atoms. The monoisotopic (exact) mass is 1420 g/mol. The quantitative estimate of drug-likeness (QED) is 0.0531. The van der Waals surface area contributed by atoms with Gasteiger partial charge in [-0.25, -0.2) is 0 Å². The number of carbonyl (C=O) groups is 4. The van der Waals surface area contributed by atoms with Crippen molar-refractivity contribution in [2.75, 3.05) is 66.3 Å². The van der Waals surface area contributed by atoms with Crippen LogP contribution in [0.15, 0.2) is 190 Å². The average molecular weight is 1420 g/mol. The van der Waals surface area contributed by atoms with E-state index in [0.717, 1.165) is 67.2 Å². The molecule has 4 atom stereocenters. The zero-order chi connectivity index (χ0) is 73.3. The van der Waals surface area contributed by atoms with Gasteiger partial charge < -0.3 is 69.0 Å². The van der Waals surface area contributed by atoms with Crippen LogP contribution in [0.1, 0.15) is 113 Å². The highest BCUT2D eigenvalue weighted by Gasteiger charge is 2.38. The smallest absolute Gasteiger partial charge is 0.260 e. The fourth-order valence-corrected chi connectivity index (χ4v) is 14.2. The second-order valence-corrected chi connectivity index (χ2v) is 26.8. The van der Waals surface area contributed by atoms with Crippen molar-refractivity contribution in [3.63, 3.8) is 0 Å². The number of nitrogens with zero attached hydrogens (tertiary/aromatic N) is 8. The number of nitrogen functional groups attached to an aromatic ring is 2. The van der Waals surface area contributed by atoms with Crippen molar-refractivity contribution in [3.05, 3.63) is 226 Å². The Hall–Kier alpha value is -12.7. The summed E-state index contributed by atoms with van der Waals surface area (Å²) < 4.78 is 46.4. The summed E-state index contributed by atoms with van der Waals surface area (Å²) in [6.07, 6.45) is 18.8. The summed E-state index contributed by atoms with van der Waals surface area (Å²) in [5.74, 6) is 4.31. The van der Waals surface area contributed by atoms with Crippen LogP contribution in [0.5, 0.6) is 46.0 Å². The van der Waals surface area contributed by atoms with Crippen molar-refractivity contribution in [2.24, 2.45) is 20.0 Å². The second-order valence-electron chi connectivity index (χ2n) is 26.8. The number of aryl methyl sites for hydroxylation is 2. The highest BCUT2D eigenvalue weighted by molar-refractivity contribution is 6.09. The highest BCUT2D eigenvalue weighted by Crippen LogP contribution is 2.45. The molecule has 8 aliphatic heterocycles. The Kier molecular flexibility index (Phi) is 19.2. The molecule has 4 amide bonds. The van der Waals surface area contributed by atoms with Gasteiger partial charge in [-0.1, -0.05) is 48.5 Å². The first kappa shape index (κ1) is 69.0. The molecule has 0 spiro atoms. The van der Waals surface area contributed by atoms with E-state index in [1.54, 1.807) is 72.3 Å². The van der Waals surface area contributed by atoms with Crippen molar-refractivity contribution in [1.82, 2.24) is 19.6 Å². The van der Waals surface area contributed by atoms with Crippen molar-refractivity contribution in [1.29, 1.82) is 0 Å². The summed E-state index contributed by atoms with van der Waals surface area (Å²) in [6, 6.07) is 44.6. The summed E-state index contributed by atoms with van der Waals surface area (Å²) in [5.41, 5.74) is 27.4. The number of hydrogen-bond acceptors (Lipinski definition) is 18. The molecular weight excluding hydrogens is 1340 g/mol. The van der Waals surface area contributed by atoms with E-state index < -0.39 is 0 Å². The standard InChI is InChI=1S/2C42H39N5O6/c2*1-25-15-34-36(44-21-31-17-29(24-46(31)41(34)48)27-7-11-33(50-2)12-8-27)19-38(25)52-13-4-14-53-40-20-37-35(18-39(40)51-3)42(49)47-23-28(16-32(47)22-45-37)26-5-9-30(43)10-6-26/h2*5-12,15,18-24,31-32H,4,13-14,16-17,43H2,1-3H3/t31-,32-;/m0./s1. The maximum Gasteiger partial charge on any atom is 0.260 e. The molecule has 16 rings (SSSR count). The van der Waals surface area contributed by atoms with Crippen LogP contribution in [0.25, 0.3) is 22.3 Å². The van der Waals surface area contributed by atoms with E-state index in [-0.39, 0.29) is 47.8 Å². The summed E-state index contributed by atoms with van der Waals surface area (Å²) in [5, 5.41) is 0. The lowest BCUT2D eigenvalue weighted by Gasteiger charge is -2.19. The molecule has 8 aliphatic rings. The molecule has 0 aliphatic carbocycles. The number of benzene rings is 8. The van der Waals surface area contributed by atoms with Gasteiger partial charge in [-0.2, -0.15) is 0 Å². The van der Waals surface area contributed by atoms with Crippen molar-refractivity contribution >= 4 is 105 Å². The third kappa shape index (κ3) is 13.9. The van der Waals surface area contributed by atoms with Crippen molar-refractivity contribution < 1.29 is 57.1 Å². The topological polar surface area (TPSA) is 257 Å². The van der Waals surface area contributed by atoms with E-state index >= 15 is 0 Å². The first-order valence-electron chi connectivity index (χ1n) is 35.1. The Labute approximate surface area is 613 Å². The lowest BCUT2D eigenvalue weighted by atomic mass is 10.0. The van der Waals surface area contributed by atoms with E-state index in [9.17, 15) is 19.2 Å². The molecule has 8 aromatic carbocycles. The Balaban J connectivity index is 0.000000170. The van der Waals surface area contributed by atoms with Gasteiger partial charge >= 0.3 is 0 Å². The lowest BCUT2D eigenvalue weighted by Crippen LogP contribution is -2.32. The van der Waals surface area contributed by atoms with Gasteiger partial charge in [0.25, 0.3) is 23.6 Å². The van der Waals surface area contributed by atoms with Crippen molar-refractivity contribution in [2.45, 2.75) is 76.5 Å². The molecule has 8 aromatic rings. The minimum Gasteiger partial charge on any atom is -0.497 e. The Bertz CT molecular complexity index is 4760. The number of nitrogens with two attached hydrogens (primary N) is 2. The maximum atomic E-state index is 13.7. The average Bonchev–Trinajstić information content (AvgIpc) is 1.65. The van der Waals surface area contributed by atoms with Gasteiger partial charge in [0.05, 0.1) is 124 Å². The first-order valence-corrected chi connectivity index (χ1v) is 35.1. The van der Waals surface area contributed by atoms with Gasteiger partial charge in [0, 0.05) is 124 Å². The van der Waals surface area contributed by atoms with Gasteiger partial charge in [0.15, 0.2) is 23.0 Å². The maximum absolute atomic E-state index is 13.7. The summed E-state index contributed by atoms with van der Waals surface area (Å²) in [4.78, 5) is 80.5. The van der Waals surface area contributed by atoms with Crippen LogP contribution in [0.4, 0.5) is 34.1 Å². The van der Waals surface area contributed by atoms with E-state index in [2.05, 4.69) is 0 Å². The lowest BCUT2D eigenvalue weighted by molar-refractivity contribution is 0.0809. The Morgan fingerprint density at radius 2 is 0.604 bits per heavy atom. The van der Waals surface area contributed by atoms with Gasteiger partial charge in [-0.05, 0) is 142 Å². The summed E-state index contributed by atoms with van der Waals surface area (Å²) in [6.45, 7) is 5.29. The number of aliphatic imine (C=N–C) groups is 4. The molecule has 0 radical (unpaired) electrons. The molecule has 2 unspecified atom stereocenters. The van der Waals surface area contributed by atoms with Gasteiger partial charge in [0.1, 0.15) is 23.0 Å². The van der Waals surface area contributed by atoms with E-state index in [1.165, 1.54) is 0 Å². The third-order valence-electron chi connectivity index (χ3n) is 20.0. The zero-order valence-corrected chi connectivity index (χ0v) is 59.5. The van der Waals surface area contributed by atoms with Gasteiger partial charge in [0.2, 0.25) is 0 Å². The molecular formula is C84H78N10O12. The number of ether oxygens (including phenoxy) is 8. The van der Waals surface area contributed by atoms with Crippen LogP contribution >= 0.6 is 0 Å². The molecule has 0 saturated carbocycles. The van der Waals surface area contributed by atoms with E-state index in [1.807, 2.05) is 185 Å². The molecule has 8 heterocycles. The number of fused-ring (bicyclic) bond motifs is 8. The van der Waals surface area contributed by atoms with Crippen LogP contribution < -0.4 is 49.4 Å². The van der Waals surface area contributed by atoms with Crippen LogP contribution in [0.3, 0.4) is 0 Å². The number of methoxy groups -OCH3 is 4. The van der Waals surface area contributed by atoms with Gasteiger partial charge in [-0.3, -0.25) is 39.1 Å². The van der Waals surface area contributed by atoms with E-state index in [0.29, 0.717) is 156 Å². The van der Waals surface area contributed by atoms with Crippen molar-refractivity contribution in [3.8, 4) is 46.0 Å².